The highest BCUT2D eigenvalue weighted by molar-refractivity contribution is 8.18. The first-order valence-electron chi connectivity index (χ1n) is 13.2. The number of hydrogen-bond acceptors (Lipinski definition) is 5. The largest absolute Gasteiger partial charge is 0.490 e. The Morgan fingerprint density at radius 2 is 1.35 bits per heavy atom. The number of nitrogens with zero attached hydrogens (tertiary/aromatic N) is 1. The number of ether oxygens (including phenoxy) is 2. The second-order valence-corrected chi connectivity index (χ2v) is 10.6. The predicted molar refractivity (Wildman–Crippen MR) is 161 cm³/mol. The Hall–Kier alpha value is -4.55. The average Bonchev–Trinajstić information content (AvgIpc) is 3.24. The first-order valence-corrected chi connectivity index (χ1v) is 14.0. The van der Waals surface area contributed by atoms with Gasteiger partial charge in [-0.05, 0) is 87.3 Å². The molecular formula is C34H27NO4S. The molecule has 40 heavy (non-hydrogen) atoms. The average molecular weight is 546 g/mol. The van der Waals surface area contributed by atoms with Gasteiger partial charge >= 0.3 is 0 Å². The molecule has 1 saturated heterocycles. The molecule has 0 saturated carbocycles. The van der Waals surface area contributed by atoms with Crippen LogP contribution in [0.3, 0.4) is 0 Å². The van der Waals surface area contributed by atoms with Gasteiger partial charge in [-0.3, -0.25) is 14.5 Å². The fraction of sp³-hybridized carbons (Fsp3) is 0.118. The Bertz CT molecular complexity index is 1780. The van der Waals surface area contributed by atoms with E-state index >= 15 is 0 Å². The Labute approximate surface area is 237 Å². The van der Waals surface area contributed by atoms with Crippen LogP contribution in [-0.2, 0) is 17.9 Å². The van der Waals surface area contributed by atoms with Gasteiger partial charge in [0.1, 0.15) is 6.61 Å². The van der Waals surface area contributed by atoms with E-state index < -0.39 is 0 Å². The third-order valence-electron chi connectivity index (χ3n) is 6.80. The van der Waals surface area contributed by atoms with Crippen molar-refractivity contribution in [3.63, 3.8) is 0 Å². The van der Waals surface area contributed by atoms with E-state index in [2.05, 4.69) is 30.3 Å². The molecule has 0 bridgehead atoms. The van der Waals surface area contributed by atoms with Crippen molar-refractivity contribution in [2.75, 3.05) is 6.61 Å². The number of amides is 2. The van der Waals surface area contributed by atoms with Crippen LogP contribution in [0.5, 0.6) is 11.5 Å². The van der Waals surface area contributed by atoms with Crippen LogP contribution in [-0.4, -0.2) is 22.7 Å². The van der Waals surface area contributed by atoms with Crippen molar-refractivity contribution in [3.8, 4) is 11.5 Å². The first-order chi connectivity index (χ1) is 19.6. The van der Waals surface area contributed by atoms with E-state index in [4.69, 9.17) is 9.47 Å². The van der Waals surface area contributed by atoms with Crippen LogP contribution in [0.4, 0.5) is 4.79 Å². The lowest BCUT2D eigenvalue weighted by Crippen LogP contribution is -2.27. The minimum atomic E-state index is -0.294. The monoisotopic (exact) mass is 545 g/mol. The van der Waals surface area contributed by atoms with E-state index in [-0.39, 0.29) is 17.7 Å². The molecule has 5 nitrogen and oxygen atoms in total. The van der Waals surface area contributed by atoms with Gasteiger partial charge in [-0.1, -0.05) is 78.9 Å². The molecule has 0 atom stereocenters. The third-order valence-corrected chi connectivity index (χ3v) is 7.71. The molecule has 5 aromatic rings. The van der Waals surface area contributed by atoms with Gasteiger partial charge in [0.2, 0.25) is 0 Å². The summed E-state index contributed by atoms with van der Waals surface area (Å²) in [4.78, 5) is 27.6. The maximum absolute atomic E-state index is 13.2. The lowest BCUT2D eigenvalue weighted by atomic mass is 10.1. The molecule has 0 radical (unpaired) electrons. The molecular weight excluding hydrogens is 518 g/mol. The molecule has 0 spiro atoms. The van der Waals surface area contributed by atoms with Crippen LogP contribution in [0.2, 0.25) is 0 Å². The fourth-order valence-electron chi connectivity index (χ4n) is 4.80. The summed E-state index contributed by atoms with van der Waals surface area (Å²) < 4.78 is 12.0. The Morgan fingerprint density at radius 1 is 0.700 bits per heavy atom. The second kappa shape index (κ2) is 11.3. The van der Waals surface area contributed by atoms with Gasteiger partial charge in [-0.25, -0.2) is 0 Å². The van der Waals surface area contributed by atoms with Crippen molar-refractivity contribution in [2.45, 2.75) is 20.1 Å². The summed E-state index contributed by atoms with van der Waals surface area (Å²) in [6.07, 6.45) is 1.74. The number of imide groups is 1. The summed E-state index contributed by atoms with van der Waals surface area (Å²) in [5, 5.41) is 4.28. The van der Waals surface area contributed by atoms with Crippen molar-refractivity contribution >= 4 is 50.5 Å². The Morgan fingerprint density at radius 3 is 2.05 bits per heavy atom. The first kappa shape index (κ1) is 25.7. The molecule has 2 amide bonds. The maximum atomic E-state index is 13.2. The summed E-state index contributed by atoms with van der Waals surface area (Å²) in [5.74, 6) is 0.918. The van der Waals surface area contributed by atoms with Gasteiger partial charge in [-0.15, -0.1) is 0 Å². The number of rotatable bonds is 8. The Kier molecular flexibility index (Phi) is 7.25. The highest BCUT2D eigenvalue weighted by atomic mass is 32.2. The highest BCUT2D eigenvalue weighted by Gasteiger charge is 2.35. The lowest BCUT2D eigenvalue weighted by Gasteiger charge is -2.14. The molecule has 198 valence electrons. The SMILES string of the molecule is CCOc1cc(/C=C2/SC(=O)N(Cc3ccc4ccccc4c3)C2=O)ccc1OCc1ccc2ccccc2c1. The van der Waals surface area contributed by atoms with Gasteiger partial charge in [0.15, 0.2) is 11.5 Å². The van der Waals surface area contributed by atoms with Gasteiger partial charge in [-0.2, -0.15) is 0 Å². The zero-order chi connectivity index (χ0) is 27.5. The minimum absolute atomic E-state index is 0.235. The Balaban J connectivity index is 1.18. The summed E-state index contributed by atoms with van der Waals surface area (Å²) >= 11 is 0.958. The molecule has 6 heteroatoms. The molecule has 1 fully saturated rings. The van der Waals surface area contributed by atoms with Crippen LogP contribution >= 0.6 is 11.8 Å². The summed E-state index contributed by atoms with van der Waals surface area (Å²) in [5.41, 5.74) is 2.73. The van der Waals surface area contributed by atoms with Gasteiger partial charge in [0.25, 0.3) is 11.1 Å². The van der Waals surface area contributed by atoms with Crippen molar-refractivity contribution in [2.24, 2.45) is 0 Å². The number of carbonyl (C=O) groups is 2. The molecule has 0 unspecified atom stereocenters. The van der Waals surface area contributed by atoms with E-state index in [9.17, 15) is 9.59 Å². The number of benzene rings is 5. The minimum Gasteiger partial charge on any atom is -0.490 e. The van der Waals surface area contributed by atoms with E-state index in [0.29, 0.717) is 29.6 Å². The maximum Gasteiger partial charge on any atom is 0.293 e. The number of hydrogen-bond donors (Lipinski definition) is 0. The summed E-state index contributed by atoms with van der Waals surface area (Å²) in [7, 11) is 0. The molecule has 5 aromatic carbocycles. The molecule has 0 N–H and O–H groups in total. The van der Waals surface area contributed by atoms with Crippen LogP contribution in [0.15, 0.2) is 108 Å². The van der Waals surface area contributed by atoms with Crippen LogP contribution < -0.4 is 9.47 Å². The summed E-state index contributed by atoms with van der Waals surface area (Å²) in [6, 6.07) is 34.1. The van der Waals surface area contributed by atoms with Gasteiger partial charge in [0, 0.05) is 0 Å². The fourth-order valence-corrected chi connectivity index (χ4v) is 5.64. The summed E-state index contributed by atoms with van der Waals surface area (Å²) in [6.45, 7) is 3.02. The van der Waals surface area contributed by atoms with Crippen LogP contribution in [0.25, 0.3) is 27.6 Å². The van der Waals surface area contributed by atoms with Crippen LogP contribution in [0, 0.1) is 0 Å². The van der Waals surface area contributed by atoms with E-state index in [1.165, 1.54) is 15.7 Å². The zero-order valence-electron chi connectivity index (χ0n) is 22.0. The molecule has 1 aliphatic heterocycles. The highest BCUT2D eigenvalue weighted by Crippen LogP contribution is 2.36. The van der Waals surface area contributed by atoms with Crippen LogP contribution in [0.1, 0.15) is 23.6 Å². The van der Waals surface area contributed by atoms with Gasteiger partial charge < -0.3 is 9.47 Å². The van der Waals surface area contributed by atoms with E-state index in [0.717, 1.165) is 39.2 Å². The number of carbonyl (C=O) groups excluding carboxylic acids is 2. The quantitative estimate of drug-likeness (QED) is 0.184. The van der Waals surface area contributed by atoms with E-state index in [1.54, 1.807) is 6.08 Å². The number of fused-ring (bicyclic) bond motifs is 2. The molecule has 0 aromatic heterocycles. The van der Waals surface area contributed by atoms with Gasteiger partial charge in [0.05, 0.1) is 18.1 Å². The molecule has 1 aliphatic rings. The molecule has 6 rings (SSSR count). The second-order valence-electron chi connectivity index (χ2n) is 9.56. The standard InChI is InChI=1S/C34H27NO4S/c1-2-38-31-19-23(13-16-30(31)39-22-25-12-15-27-8-4-6-10-29(27)18-25)20-32-33(36)35(34(37)40-32)21-24-11-14-26-7-3-5-9-28(26)17-24/h3-20H,2,21-22H2,1H3/b32-20+. The van der Waals surface area contributed by atoms with Crippen molar-refractivity contribution in [3.05, 3.63) is 125 Å². The predicted octanol–water partition coefficient (Wildman–Crippen LogP) is 8.21. The molecule has 1 heterocycles. The van der Waals surface area contributed by atoms with Crippen molar-refractivity contribution in [1.82, 2.24) is 4.90 Å². The topological polar surface area (TPSA) is 55.8 Å². The van der Waals surface area contributed by atoms with Crippen molar-refractivity contribution in [1.29, 1.82) is 0 Å². The van der Waals surface area contributed by atoms with Crippen molar-refractivity contribution < 1.29 is 19.1 Å². The number of thioether (sulfide) groups is 1. The molecule has 0 aliphatic carbocycles. The smallest absolute Gasteiger partial charge is 0.293 e. The normalized spacial score (nSPS) is 14.4. The third kappa shape index (κ3) is 5.44. The zero-order valence-corrected chi connectivity index (χ0v) is 22.8. The lowest BCUT2D eigenvalue weighted by molar-refractivity contribution is -0.123. The van der Waals surface area contributed by atoms with E-state index in [1.807, 2.05) is 79.7 Å².